The van der Waals surface area contributed by atoms with Crippen LogP contribution >= 0.6 is 0 Å². The summed E-state index contributed by atoms with van der Waals surface area (Å²) in [5.74, 6) is -0.781. The molecule has 0 aromatic heterocycles. The standard InChI is InChI=1S/C11H24N2O4/c1-12(2)5-6-13(4-3-11(15)16)7-9-17-10-8-14/h14H,3-10H2,1-2H3,(H,15,16). The normalized spacial score (nSPS) is 11.4. The Kier molecular flexibility index (Phi) is 10.0. The molecule has 0 aliphatic rings. The van der Waals surface area contributed by atoms with E-state index in [-0.39, 0.29) is 13.0 Å². The van der Waals surface area contributed by atoms with E-state index in [2.05, 4.69) is 9.80 Å². The average molecular weight is 248 g/mol. The largest absolute Gasteiger partial charge is 0.481 e. The van der Waals surface area contributed by atoms with E-state index in [0.717, 1.165) is 13.1 Å². The van der Waals surface area contributed by atoms with Crippen LogP contribution in [0.4, 0.5) is 0 Å². The summed E-state index contributed by atoms with van der Waals surface area (Å²) in [5.41, 5.74) is 0. The first kappa shape index (κ1) is 16.3. The van der Waals surface area contributed by atoms with Crippen molar-refractivity contribution in [2.75, 3.05) is 60.1 Å². The molecule has 17 heavy (non-hydrogen) atoms. The lowest BCUT2D eigenvalue weighted by Gasteiger charge is -2.23. The van der Waals surface area contributed by atoms with Crippen molar-refractivity contribution in [3.63, 3.8) is 0 Å². The predicted octanol–water partition coefficient (Wildman–Crippen LogP) is -0.666. The van der Waals surface area contributed by atoms with E-state index in [0.29, 0.717) is 26.3 Å². The molecule has 6 nitrogen and oxygen atoms in total. The first-order valence-electron chi connectivity index (χ1n) is 5.83. The molecule has 0 rings (SSSR count). The fourth-order valence-corrected chi connectivity index (χ4v) is 1.29. The van der Waals surface area contributed by atoms with E-state index in [1.54, 1.807) is 0 Å². The van der Waals surface area contributed by atoms with Crippen molar-refractivity contribution in [1.82, 2.24) is 9.80 Å². The van der Waals surface area contributed by atoms with E-state index in [1.807, 2.05) is 14.1 Å². The summed E-state index contributed by atoms with van der Waals surface area (Å²) in [6, 6.07) is 0. The zero-order valence-corrected chi connectivity index (χ0v) is 10.8. The van der Waals surface area contributed by atoms with Crippen LogP contribution in [-0.2, 0) is 9.53 Å². The van der Waals surface area contributed by atoms with Gasteiger partial charge in [-0.05, 0) is 14.1 Å². The number of carboxylic acid groups (broad SMARTS) is 1. The third kappa shape index (κ3) is 11.6. The maximum atomic E-state index is 10.5. The summed E-state index contributed by atoms with van der Waals surface area (Å²) in [7, 11) is 3.97. The number of aliphatic hydroxyl groups excluding tert-OH is 1. The molecule has 2 N–H and O–H groups in total. The molecule has 0 bridgehead atoms. The van der Waals surface area contributed by atoms with E-state index < -0.39 is 5.97 Å². The number of hydrogen-bond acceptors (Lipinski definition) is 5. The number of aliphatic carboxylic acids is 1. The lowest BCUT2D eigenvalue weighted by atomic mass is 10.3. The summed E-state index contributed by atoms with van der Waals surface area (Å²) < 4.78 is 5.17. The highest BCUT2D eigenvalue weighted by Crippen LogP contribution is 1.93. The minimum Gasteiger partial charge on any atom is -0.481 e. The number of likely N-dealkylation sites (N-methyl/N-ethyl adjacent to an activating group) is 1. The summed E-state index contributed by atoms with van der Waals surface area (Å²) in [4.78, 5) is 14.6. The van der Waals surface area contributed by atoms with Gasteiger partial charge in [0.05, 0.1) is 26.2 Å². The van der Waals surface area contributed by atoms with Crippen LogP contribution in [0.3, 0.4) is 0 Å². The second-order valence-electron chi connectivity index (χ2n) is 4.12. The molecule has 0 heterocycles. The Balaban J connectivity index is 3.79. The second-order valence-corrected chi connectivity index (χ2v) is 4.12. The molecule has 0 aromatic carbocycles. The molecular formula is C11H24N2O4. The molecule has 0 saturated carbocycles. The molecule has 0 aliphatic heterocycles. The third-order valence-corrected chi connectivity index (χ3v) is 2.29. The molecule has 0 spiro atoms. The van der Waals surface area contributed by atoms with Crippen LogP contribution in [0.25, 0.3) is 0 Å². The summed E-state index contributed by atoms with van der Waals surface area (Å²) in [6.07, 6.45) is 0.146. The Bertz CT molecular complexity index is 200. The van der Waals surface area contributed by atoms with Gasteiger partial charge in [-0.25, -0.2) is 0 Å². The molecule has 6 heteroatoms. The zero-order chi connectivity index (χ0) is 13.1. The molecule has 0 fully saturated rings. The maximum absolute atomic E-state index is 10.5. The van der Waals surface area contributed by atoms with Gasteiger partial charge in [-0.3, -0.25) is 9.69 Å². The minimum atomic E-state index is -0.781. The van der Waals surface area contributed by atoms with Gasteiger partial charge >= 0.3 is 5.97 Å². The average Bonchev–Trinajstić information content (AvgIpc) is 2.26. The number of carbonyl (C=O) groups is 1. The van der Waals surface area contributed by atoms with Crippen LogP contribution < -0.4 is 0 Å². The van der Waals surface area contributed by atoms with Gasteiger partial charge in [0.2, 0.25) is 0 Å². The molecule has 0 aliphatic carbocycles. The first-order chi connectivity index (χ1) is 8.06. The number of carboxylic acids is 1. The fraction of sp³-hybridized carbons (Fsp3) is 0.909. The molecular weight excluding hydrogens is 224 g/mol. The monoisotopic (exact) mass is 248 g/mol. The van der Waals surface area contributed by atoms with Crippen molar-refractivity contribution in [2.45, 2.75) is 6.42 Å². The fourth-order valence-electron chi connectivity index (χ4n) is 1.29. The molecule has 0 unspecified atom stereocenters. The van der Waals surface area contributed by atoms with Gasteiger partial charge in [-0.1, -0.05) is 0 Å². The van der Waals surface area contributed by atoms with Gasteiger partial charge in [0.15, 0.2) is 0 Å². The summed E-state index contributed by atoms with van der Waals surface area (Å²) in [6.45, 7) is 3.82. The van der Waals surface area contributed by atoms with E-state index in [1.165, 1.54) is 0 Å². The van der Waals surface area contributed by atoms with Crippen LogP contribution in [0.5, 0.6) is 0 Å². The molecule has 102 valence electrons. The number of hydrogen-bond donors (Lipinski definition) is 2. The Hall–Kier alpha value is -0.690. The van der Waals surface area contributed by atoms with Gasteiger partial charge in [0, 0.05) is 26.2 Å². The maximum Gasteiger partial charge on any atom is 0.304 e. The lowest BCUT2D eigenvalue weighted by molar-refractivity contribution is -0.137. The number of aliphatic hydroxyl groups is 1. The first-order valence-corrected chi connectivity index (χ1v) is 5.83. The van der Waals surface area contributed by atoms with Gasteiger partial charge in [0.25, 0.3) is 0 Å². The molecule has 0 radical (unpaired) electrons. The third-order valence-electron chi connectivity index (χ3n) is 2.29. The quantitative estimate of drug-likeness (QED) is 0.473. The molecule has 0 atom stereocenters. The highest BCUT2D eigenvalue weighted by Gasteiger charge is 2.07. The van der Waals surface area contributed by atoms with E-state index in [9.17, 15) is 4.79 Å². The lowest BCUT2D eigenvalue weighted by Crippen LogP contribution is -2.35. The van der Waals surface area contributed by atoms with Gasteiger partial charge < -0.3 is 19.8 Å². The topological polar surface area (TPSA) is 73.2 Å². The number of rotatable bonds is 11. The van der Waals surface area contributed by atoms with Crippen molar-refractivity contribution in [2.24, 2.45) is 0 Å². The van der Waals surface area contributed by atoms with E-state index >= 15 is 0 Å². The van der Waals surface area contributed by atoms with Crippen LogP contribution in [0, 0.1) is 0 Å². The smallest absolute Gasteiger partial charge is 0.304 e. The minimum absolute atomic E-state index is 0.0207. The van der Waals surface area contributed by atoms with E-state index in [4.69, 9.17) is 14.9 Å². The van der Waals surface area contributed by atoms with Crippen molar-refractivity contribution < 1.29 is 19.7 Å². The van der Waals surface area contributed by atoms with Crippen molar-refractivity contribution in [1.29, 1.82) is 0 Å². The van der Waals surface area contributed by atoms with Crippen LogP contribution in [0.2, 0.25) is 0 Å². The number of ether oxygens (including phenoxy) is 1. The SMILES string of the molecule is CN(C)CCN(CCOCCO)CCC(=O)O. The highest BCUT2D eigenvalue weighted by atomic mass is 16.5. The Labute approximate surface area is 103 Å². The molecule has 0 aromatic rings. The van der Waals surface area contributed by atoms with Gasteiger partial charge in [-0.15, -0.1) is 0 Å². The predicted molar refractivity (Wildman–Crippen MR) is 65.2 cm³/mol. The Morgan fingerprint density at radius 1 is 1.12 bits per heavy atom. The van der Waals surface area contributed by atoms with Crippen molar-refractivity contribution in [3.05, 3.63) is 0 Å². The van der Waals surface area contributed by atoms with Crippen molar-refractivity contribution >= 4 is 5.97 Å². The van der Waals surface area contributed by atoms with Crippen LogP contribution in [-0.4, -0.2) is 86.1 Å². The summed E-state index contributed by atoms with van der Waals surface area (Å²) in [5, 5.41) is 17.2. The highest BCUT2D eigenvalue weighted by molar-refractivity contribution is 5.66. The Morgan fingerprint density at radius 2 is 1.82 bits per heavy atom. The molecule has 0 saturated heterocycles. The van der Waals surface area contributed by atoms with Gasteiger partial charge in [-0.2, -0.15) is 0 Å². The number of nitrogens with zero attached hydrogens (tertiary/aromatic N) is 2. The van der Waals surface area contributed by atoms with Crippen molar-refractivity contribution in [3.8, 4) is 0 Å². The zero-order valence-electron chi connectivity index (χ0n) is 10.8. The van der Waals surface area contributed by atoms with Gasteiger partial charge in [0.1, 0.15) is 0 Å². The van der Waals surface area contributed by atoms with Crippen LogP contribution in [0.15, 0.2) is 0 Å². The van der Waals surface area contributed by atoms with Crippen LogP contribution in [0.1, 0.15) is 6.42 Å². The molecule has 0 amide bonds. The second kappa shape index (κ2) is 10.5. The summed E-state index contributed by atoms with van der Waals surface area (Å²) >= 11 is 0. The Morgan fingerprint density at radius 3 is 2.35 bits per heavy atom.